The molecule has 7 aromatic rings. The van der Waals surface area contributed by atoms with E-state index in [9.17, 15) is 0 Å². The molecule has 1 aliphatic carbocycles. The van der Waals surface area contributed by atoms with E-state index in [1.807, 2.05) is 0 Å². The maximum absolute atomic E-state index is 2.53. The molecule has 0 radical (unpaired) electrons. The van der Waals surface area contributed by atoms with Crippen molar-refractivity contribution in [2.24, 2.45) is 0 Å². The van der Waals surface area contributed by atoms with Gasteiger partial charge in [-0.25, -0.2) is 0 Å². The van der Waals surface area contributed by atoms with Gasteiger partial charge in [0.15, 0.2) is 0 Å². The van der Waals surface area contributed by atoms with Crippen molar-refractivity contribution in [1.82, 2.24) is 0 Å². The molecule has 0 aliphatic heterocycles. The van der Waals surface area contributed by atoms with Gasteiger partial charge in [-0.3, -0.25) is 0 Å². The highest BCUT2D eigenvalue weighted by molar-refractivity contribution is 5.93. The molecule has 0 bridgehead atoms. The number of anilines is 3. The van der Waals surface area contributed by atoms with E-state index < -0.39 is 0 Å². The third-order valence-electron chi connectivity index (χ3n) is 13.2. The fourth-order valence-electron chi connectivity index (χ4n) is 9.18. The van der Waals surface area contributed by atoms with Crippen molar-refractivity contribution in [2.75, 3.05) is 4.90 Å². The highest BCUT2D eigenvalue weighted by Gasteiger charge is 2.36. The minimum absolute atomic E-state index is 0.0193. The van der Waals surface area contributed by atoms with Crippen molar-refractivity contribution in [1.29, 1.82) is 0 Å². The van der Waals surface area contributed by atoms with Crippen LogP contribution < -0.4 is 4.90 Å². The van der Waals surface area contributed by atoms with Gasteiger partial charge >= 0.3 is 0 Å². The fraction of sp³-hybridized carbons (Fsp3) is 0.311. The van der Waals surface area contributed by atoms with Gasteiger partial charge in [-0.2, -0.15) is 0 Å². The van der Waals surface area contributed by atoms with Gasteiger partial charge in [-0.15, -0.1) is 0 Å². The Kier molecular flexibility index (Phi) is 10.6. The summed E-state index contributed by atoms with van der Waals surface area (Å²) in [5.74, 6) is 0. The summed E-state index contributed by atoms with van der Waals surface area (Å²) in [4.78, 5) is 2.53. The first kappa shape index (κ1) is 43.0. The quantitative estimate of drug-likeness (QED) is 0.162. The lowest BCUT2D eigenvalue weighted by Gasteiger charge is -2.31. The second-order valence-electron chi connectivity index (χ2n) is 22.5. The zero-order valence-electron chi connectivity index (χ0n) is 39.9. The first-order valence-electron chi connectivity index (χ1n) is 22.7. The maximum atomic E-state index is 2.53. The van der Waals surface area contributed by atoms with Crippen LogP contribution in [0.25, 0.3) is 44.5 Å². The standard InChI is InChI=1S/C61H67N/c1-57(2,3)45-31-43(32-46(37-45)58(4,5)6)41-30-42(44-33-47(59(7,8)9)38-48(34-44)60(10,11)12)36-50(35-41)62(56-27-21-19-24-51(56)40-22-16-15-17-23-40)49-28-29-53-52-25-18-20-26-54(52)61(13,14)55(53)39-49/h15-39H,1-14H3. The van der Waals surface area contributed by atoms with Crippen molar-refractivity contribution in [3.63, 3.8) is 0 Å². The summed E-state index contributed by atoms with van der Waals surface area (Å²) in [5.41, 5.74) is 21.3. The molecule has 0 amide bonds. The lowest BCUT2D eigenvalue weighted by atomic mass is 9.78. The van der Waals surface area contributed by atoms with Crippen LogP contribution in [0.1, 0.15) is 130 Å². The molecule has 0 saturated carbocycles. The highest BCUT2D eigenvalue weighted by atomic mass is 15.1. The molecule has 0 N–H and O–H groups in total. The smallest absolute Gasteiger partial charge is 0.0540 e. The summed E-state index contributed by atoms with van der Waals surface area (Å²) in [5, 5.41) is 0. The van der Waals surface area contributed by atoms with E-state index in [1.54, 1.807) is 0 Å². The van der Waals surface area contributed by atoms with E-state index in [4.69, 9.17) is 0 Å². The molecule has 0 saturated heterocycles. The number of para-hydroxylation sites is 1. The van der Waals surface area contributed by atoms with E-state index in [2.05, 4.69) is 253 Å². The summed E-state index contributed by atoms with van der Waals surface area (Å²) in [6.45, 7) is 32.8. The van der Waals surface area contributed by atoms with Crippen LogP contribution in [0, 0.1) is 0 Å². The largest absolute Gasteiger partial charge is 0.310 e. The van der Waals surface area contributed by atoms with Gasteiger partial charge in [0, 0.05) is 22.4 Å². The van der Waals surface area contributed by atoms with Gasteiger partial charge in [0.1, 0.15) is 0 Å². The third kappa shape index (κ3) is 8.20. The molecule has 0 fully saturated rings. The predicted molar refractivity (Wildman–Crippen MR) is 270 cm³/mol. The zero-order chi connectivity index (χ0) is 44.6. The number of rotatable bonds is 6. The Balaban J connectivity index is 1.47. The molecule has 0 heterocycles. The number of benzene rings is 7. The third-order valence-corrected chi connectivity index (χ3v) is 13.2. The molecule has 0 spiro atoms. The van der Waals surface area contributed by atoms with Gasteiger partial charge < -0.3 is 4.90 Å². The SMILES string of the molecule is CC(C)(C)c1cc(-c2cc(-c3cc(C(C)(C)C)cc(C(C)(C)C)c3)cc(N(c3ccc4c(c3)C(C)(C)c3ccccc3-4)c3ccccc3-c3ccccc3)c2)cc(C(C)(C)C)c1. The first-order chi connectivity index (χ1) is 29.0. The lowest BCUT2D eigenvalue weighted by Crippen LogP contribution is -2.17. The normalized spacial score (nSPS) is 13.8. The molecule has 7 aromatic carbocycles. The Morgan fingerprint density at radius 3 is 1.24 bits per heavy atom. The molecule has 1 aliphatic rings. The van der Waals surface area contributed by atoms with Crippen molar-refractivity contribution in [2.45, 2.75) is 124 Å². The van der Waals surface area contributed by atoms with Gasteiger partial charge in [0.25, 0.3) is 0 Å². The monoisotopic (exact) mass is 814 g/mol. The van der Waals surface area contributed by atoms with Crippen LogP contribution in [-0.2, 0) is 27.1 Å². The predicted octanol–water partition coefficient (Wildman–Crippen LogP) is 17.7. The molecule has 0 unspecified atom stereocenters. The number of hydrogen-bond donors (Lipinski definition) is 0. The highest BCUT2D eigenvalue weighted by Crippen LogP contribution is 2.52. The summed E-state index contributed by atoms with van der Waals surface area (Å²) in [6, 6.07) is 58.0. The maximum Gasteiger partial charge on any atom is 0.0540 e. The summed E-state index contributed by atoms with van der Waals surface area (Å²) >= 11 is 0. The zero-order valence-corrected chi connectivity index (χ0v) is 39.9. The summed E-state index contributed by atoms with van der Waals surface area (Å²) in [6.07, 6.45) is 0. The number of nitrogens with zero attached hydrogens (tertiary/aromatic N) is 1. The second kappa shape index (κ2) is 15.3. The Morgan fingerprint density at radius 1 is 0.323 bits per heavy atom. The van der Waals surface area contributed by atoms with E-state index in [-0.39, 0.29) is 27.1 Å². The van der Waals surface area contributed by atoms with Gasteiger partial charge in [-0.1, -0.05) is 212 Å². The minimum atomic E-state index is -0.146. The fourth-order valence-corrected chi connectivity index (χ4v) is 9.18. The average Bonchev–Trinajstić information content (AvgIpc) is 3.45. The number of hydrogen-bond acceptors (Lipinski definition) is 1. The van der Waals surface area contributed by atoms with E-state index in [1.165, 1.54) is 77.9 Å². The van der Waals surface area contributed by atoms with Crippen LogP contribution in [0.15, 0.2) is 152 Å². The minimum Gasteiger partial charge on any atom is -0.310 e. The Morgan fingerprint density at radius 2 is 0.742 bits per heavy atom. The van der Waals surface area contributed by atoms with Crippen LogP contribution in [0.3, 0.4) is 0 Å². The first-order valence-corrected chi connectivity index (χ1v) is 22.7. The topological polar surface area (TPSA) is 3.24 Å². The molecular weight excluding hydrogens is 747 g/mol. The Bertz CT molecular complexity index is 2630. The Hall–Kier alpha value is -5.66. The van der Waals surface area contributed by atoms with Crippen LogP contribution in [0.4, 0.5) is 17.1 Å². The molecular formula is C61H67N. The Labute approximate surface area is 373 Å². The van der Waals surface area contributed by atoms with Crippen LogP contribution >= 0.6 is 0 Å². The second-order valence-corrected chi connectivity index (χ2v) is 22.5. The van der Waals surface area contributed by atoms with E-state index >= 15 is 0 Å². The van der Waals surface area contributed by atoms with Crippen molar-refractivity contribution >= 4 is 17.1 Å². The van der Waals surface area contributed by atoms with Gasteiger partial charge in [-0.05, 0) is 130 Å². The molecule has 8 rings (SSSR count). The average molecular weight is 814 g/mol. The van der Waals surface area contributed by atoms with Crippen molar-refractivity contribution in [3.8, 4) is 44.5 Å². The summed E-state index contributed by atoms with van der Waals surface area (Å²) in [7, 11) is 0. The lowest BCUT2D eigenvalue weighted by molar-refractivity contribution is 0.568. The molecule has 62 heavy (non-hydrogen) atoms. The molecule has 1 nitrogen and oxygen atoms in total. The van der Waals surface area contributed by atoms with Crippen LogP contribution in [-0.4, -0.2) is 0 Å². The molecule has 316 valence electrons. The molecule has 0 atom stereocenters. The van der Waals surface area contributed by atoms with Crippen LogP contribution in [0.2, 0.25) is 0 Å². The summed E-state index contributed by atoms with van der Waals surface area (Å²) < 4.78 is 0. The van der Waals surface area contributed by atoms with Crippen LogP contribution in [0.5, 0.6) is 0 Å². The molecule has 1 heteroatoms. The van der Waals surface area contributed by atoms with Crippen molar-refractivity contribution < 1.29 is 0 Å². The van der Waals surface area contributed by atoms with Gasteiger partial charge in [0.05, 0.1) is 5.69 Å². The number of fused-ring (bicyclic) bond motifs is 3. The van der Waals surface area contributed by atoms with E-state index in [0.717, 1.165) is 17.1 Å². The van der Waals surface area contributed by atoms with E-state index in [0.29, 0.717) is 0 Å². The van der Waals surface area contributed by atoms with Crippen molar-refractivity contribution in [3.05, 3.63) is 185 Å². The van der Waals surface area contributed by atoms with Gasteiger partial charge in [0.2, 0.25) is 0 Å². The molecule has 0 aromatic heterocycles.